The van der Waals surface area contributed by atoms with Crippen LogP contribution in [0.25, 0.3) is 0 Å². The Morgan fingerprint density at radius 1 is 1.24 bits per heavy atom. The van der Waals surface area contributed by atoms with Gasteiger partial charge in [-0.15, -0.1) is 0 Å². The molecule has 0 spiro atoms. The van der Waals surface area contributed by atoms with Crippen molar-refractivity contribution in [2.75, 3.05) is 13.2 Å². The van der Waals surface area contributed by atoms with Crippen molar-refractivity contribution in [3.63, 3.8) is 0 Å². The van der Waals surface area contributed by atoms with Gasteiger partial charge in [0, 0.05) is 23.7 Å². The number of ether oxygens (including phenoxy) is 1. The molecule has 3 heteroatoms. The summed E-state index contributed by atoms with van der Waals surface area (Å²) in [5.41, 5.74) is 1.28. The Hall–Kier alpha value is -0.570. The van der Waals surface area contributed by atoms with Crippen LogP contribution >= 0.6 is 11.6 Å². The summed E-state index contributed by atoms with van der Waals surface area (Å²) in [6.07, 6.45) is 1.05. The summed E-state index contributed by atoms with van der Waals surface area (Å²) in [6, 6.07) is 8.76. The van der Waals surface area contributed by atoms with Crippen molar-refractivity contribution in [2.24, 2.45) is 0 Å². The molecule has 1 aromatic rings. The SMILES string of the molecule is CCOCC(C)NC(CC)c1ccc(Cl)cc1. The van der Waals surface area contributed by atoms with Crippen molar-refractivity contribution >= 4 is 11.6 Å². The molecule has 0 heterocycles. The van der Waals surface area contributed by atoms with Gasteiger partial charge in [0.05, 0.1) is 6.61 Å². The van der Waals surface area contributed by atoms with E-state index in [0.29, 0.717) is 12.1 Å². The molecule has 2 unspecified atom stereocenters. The average Bonchev–Trinajstić information content (AvgIpc) is 2.34. The second-order valence-corrected chi connectivity index (χ2v) is 4.68. The smallest absolute Gasteiger partial charge is 0.0616 e. The van der Waals surface area contributed by atoms with Crippen LogP contribution in [-0.4, -0.2) is 19.3 Å². The fourth-order valence-electron chi connectivity index (χ4n) is 1.83. The highest BCUT2D eigenvalue weighted by Crippen LogP contribution is 2.19. The molecule has 0 aliphatic rings. The van der Waals surface area contributed by atoms with Gasteiger partial charge in [-0.05, 0) is 38.0 Å². The van der Waals surface area contributed by atoms with Crippen LogP contribution in [0.4, 0.5) is 0 Å². The van der Waals surface area contributed by atoms with E-state index in [-0.39, 0.29) is 0 Å². The monoisotopic (exact) mass is 255 g/mol. The maximum atomic E-state index is 5.89. The molecule has 0 fully saturated rings. The molecule has 17 heavy (non-hydrogen) atoms. The van der Waals surface area contributed by atoms with Gasteiger partial charge < -0.3 is 10.1 Å². The lowest BCUT2D eigenvalue weighted by atomic mass is 10.0. The quantitative estimate of drug-likeness (QED) is 0.800. The molecule has 0 aliphatic carbocycles. The normalized spacial score (nSPS) is 14.6. The van der Waals surface area contributed by atoms with Crippen molar-refractivity contribution in [2.45, 2.75) is 39.3 Å². The van der Waals surface area contributed by atoms with Gasteiger partial charge >= 0.3 is 0 Å². The molecule has 0 saturated heterocycles. The third-order valence-corrected chi connectivity index (χ3v) is 2.99. The molecule has 0 aromatic heterocycles. The minimum Gasteiger partial charge on any atom is -0.380 e. The number of nitrogens with one attached hydrogen (secondary N) is 1. The summed E-state index contributed by atoms with van der Waals surface area (Å²) in [6.45, 7) is 7.86. The van der Waals surface area contributed by atoms with E-state index in [0.717, 1.165) is 24.7 Å². The predicted molar refractivity (Wildman–Crippen MR) is 73.6 cm³/mol. The summed E-state index contributed by atoms with van der Waals surface area (Å²) in [7, 11) is 0. The first-order chi connectivity index (χ1) is 8.17. The summed E-state index contributed by atoms with van der Waals surface area (Å²) in [5.74, 6) is 0. The standard InChI is InChI=1S/C14H22ClNO/c1-4-14(16-11(3)10-17-5-2)12-6-8-13(15)9-7-12/h6-9,11,14,16H,4-5,10H2,1-3H3. The van der Waals surface area contributed by atoms with Gasteiger partial charge in [-0.3, -0.25) is 0 Å². The molecule has 1 aromatic carbocycles. The van der Waals surface area contributed by atoms with Crippen molar-refractivity contribution in [1.82, 2.24) is 5.32 Å². The summed E-state index contributed by atoms with van der Waals surface area (Å²) in [5, 5.41) is 4.35. The number of hydrogen-bond donors (Lipinski definition) is 1. The summed E-state index contributed by atoms with van der Waals surface area (Å²) < 4.78 is 5.41. The molecule has 1 N–H and O–H groups in total. The fourth-order valence-corrected chi connectivity index (χ4v) is 1.96. The first-order valence-corrected chi connectivity index (χ1v) is 6.64. The fraction of sp³-hybridized carbons (Fsp3) is 0.571. The molecular weight excluding hydrogens is 234 g/mol. The van der Waals surface area contributed by atoms with Crippen molar-refractivity contribution in [3.8, 4) is 0 Å². The first-order valence-electron chi connectivity index (χ1n) is 6.26. The second kappa shape index (κ2) is 7.70. The maximum Gasteiger partial charge on any atom is 0.0616 e. The largest absolute Gasteiger partial charge is 0.380 e. The van der Waals surface area contributed by atoms with Gasteiger partial charge in [-0.2, -0.15) is 0 Å². The maximum absolute atomic E-state index is 5.89. The van der Waals surface area contributed by atoms with Gasteiger partial charge in [0.15, 0.2) is 0 Å². The van der Waals surface area contributed by atoms with E-state index in [9.17, 15) is 0 Å². The van der Waals surface area contributed by atoms with Gasteiger partial charge in [0.25, 0.3) is 0 Å². The Morgan fingerprint density at radius 3 is 2.41 bits per heavy atom. The lowest BCUT2D eigenvalue weighted by Crippen LogP contribution is -2.33. The molecule has 1 rings (SSSR count). The number of rotatable bonds is 7. The van der Waals surface area contributed by atoms with Crippen molar-refractivity contribution < 1.29 is 4.74 Å². The van der Waals surface area contributed by atoms with Gasteiger partial charge in [-0.1, -0.05) is 30.7 Å². The highest BCUT2D eigenvalue weighted by Gasteiger charge is 2.12. The van der Waals surface area contributed by atoms with Crippen LogP contribution in [0.5, 0.6) is 0 Å². The molecule has 2 nitrogen and oxygen atoms in total. The Morgan fingerprint density at radius 2 is 1.88 bits per heavy atom. The average molecular weight is 256 g/mol. The molecule has 0 radical (unpaired) electrons. The molecule has 2 atom stereocenters. The number of hydrogen-bond acceptors (Lipinski definition) is 2. The van der Waals surface area contributed by atoms with Crippen LogP contribution in [0.2, 0.25) is 5.02 Å². The zero-order valence-corrected chi connectivity index (χ0v) is 11.6. The third-order valence-electron chi connectivity index (χ3n) is 2.74. The molecule has 96 valence electrons. The van der Waals surface area contributed by atoms with E-state index in [2.05, 4.69) is 31.3 Å². The van der Waals surface area contributed by atoms with E-state index >= 15 is 0 Å². The number of halogens is 1. The lowest BCUT2D eigenvalue weighted by Gasteiger charge is -2.22. The Kier molecular flexibility index (Phi) is 6.56. The highest BCUT2D eigenvalue weighted by molar-refractivity contribution is 6.30. The summed E-state index contributed by atoms with van der Waals surface area (Å²) in [4.78, 5) is 0. The predicted octanol–water partition coefficient (Wildman–Crippen LogP) is 3.81. The van der Waals surface area contributed by atoms with Crippen LogP contribution in [0.3, 0.4) is 0 Å². The Balaban J connectivity index is 2.56. The van der Waals surface area contributed by atoms with Crippen LogP contribution in [0.1, 0.15) is 38.8 Å². The van der Waals surface area contributed by atoms with Crippen LogP contribution in [0.15, 0.2) is 24.3 Å². The summed E-state index contributed by atoms with van der Waals surface area (Å²) >= 11 is 5.89. The third kappa shape index (κ3) is 5.07. The second-order valence-electron chi connectivity index (χ2n) is 4.24. The van der Waals surface area contributed by atoms with E-state index in [1.54, 1.807) is 0 Å². The zero-order valence-electron chi connectivity index (χ0n) is 10.9. The molecule has 0 saturated carbocycles. The van der Waals surface area contributed by atoms with Crippen LogP contribution in [-0.2, 0) is 4.74 Å². The Bertz CT molecular complexity index is 313. The zero-order chi connectivity index (χ0) is 12.7. The minimum absolute atomic E-state index is 0.357. The highest BCUT2D eigenvalue weighted by atomic mass is 35.5. The lowest BCUT2D eigenvalue weighted by molar-refractivity contribution is 0.123. The topological polar surface area (TPSA) is 21.3 Å². The molecule has 0 amide bonds. The first kappa shape index (κ1) is 14.5. The van der Waals surface area contributed by atoms with Gasteiger partial charge in [-0.25, -0.2) is 0 Å². The van der Waals surface area contributed by atoms with Gasteiger partial charge in [0.1, 0.15) is 0 Å². The molecule has 0 aliphatic heterocycles. The molecule has 0 bridgehead atoms. The van der Waals surface area contributed by atoms with Crippen LogP contribution < -0.4 is 5.32 Å². The van der Waals surface area contributed by atoms with Crippen LogP contribution in [0, 0.1) is 0 Å². The van der Waals surface area contributed by atoms with Crippen molar-refractivity contribution in [3.05, 3.63) is 34.9 Å². The van der Waals surface area contributed by atoms with Gasteiger partial charge in [0.2, 0.25) is 0 Å². The Labute approximate surface area is 109 Å². The molecular formula is C14H22ClNO. The van der Waals surface area contributed by atoms with E-state index < -0.39 is 0 Å². The minimum atomic E-state index is 0.357. The number of benzene rings is 1. The van der Waals surface area contributed by atoms with E-state index in [4.69, 9.17) is 16.3 Å². The van der Waals surface area contributed by atoms with E-state index in [1.165, 1.54) is 5.56 Å². The van der Waals surface area contributed by atoms with E-state index in [1.807, 2.05) is 19.1 Å². The van der Waals surface area contributed by atoms with Crippen molar-refractivity contribution in [1.29, 1.82) is 0 Å².